The third-order valence-corrected chi connectivity index (χ3v) is 2.29. The van der Waals surface area contributed by atoms with Crippen molar-refractivity contribution in [1.29, 1.82) is 0 Å². The molecule has 14 heavy (non-hydrogen) atoms. The molecule has 0 radical (unpaired) electrons. The molecule has 1 atom stereocenters. The second kappa shape index (κ2) is 3.70. The maximum Gasteiger partial charge on any atom is 0.244 e. The fraction of sp³-hybridized carbons (Fsp3) is 0.364. The van der Waals surface area contributed by atoms with Gasteiger partial charge in [-0.05, 0) is 19.1 Å². The number of anilines is 1. The van der Waals surface area contributed by atoms with Gasteiger partial charge in [0.1, 0.15) is 6.04 Å². The summed E-state index contributed by atoms with van der Waals surface area (Å²) in [5.41, 5.74) is 0.996. The molecule has 1 fully saturated rings. The zero-order valence-corrected chi connectivity index (χ0v) is 8.23. The van der Waals surface area contributed by atoms with Gasteiger partial charge in [-0.1, -0.05) is 18.2 Å². The van der Waals surface area contributed by atoms with Crippen molar-refractivity contribution in [3.63, 3.8) is 0 Å². The summed E-state index contributed by atoms with van der Waals surface area (Å²) in [4.78, 5) is 13.4. The molecule has 0 saturated carbocycles. The summed E-state index contributed by atoms with van der Waals surface area (Å²) in [5.74, 6) is 0.189. The maximum absolute atomic E-state index is 11.6. The minimum absolute atomic E-state index is 0.125. The predicted molar refractivity (Wildman–Crippen MR) is 56.1 cm³/mol. The molecule has 1 aromatic rings. The van der Waals surface area contributed by atoms with Crippen molar-refractivity contribution in [3.8, 4) is 0 Å². The topological polar surface area (TPSA) is 32.1 Å². The Hall–Kier alpha value is -1.51. The second-order valence-electron chi connectivity index (χ2n) is 3.56. The highest BCUT2D eigenvalue weighted by atomic mass is 16.2. The number of amides is 1. The maximum atomic E-state index is 11.6. The number of rotatable bonds is 3. The zero-order valence-electron chi connectivity index (χ0n) is 8.23. The van der Waals surface area contributed by atoms with E-state index in [4.69, 9.17) is 0 Å². The lowest BCUT2D eigenvalue weighted by Gasteiger charge is -2.14. The molecular weight excluding hydrogens is 176 g/mol. The molecule has 1 saturated heterocycles. The van der Waals surface area contributed by atoms with E-state index in [1.54, 1.807) is 0 Å². The lowest BCUT2D eigenvalue weighted by Crippen LogP contribution is -2.31. The molecule has 1 heterocycles. The number of carbonyl (C=O) groups excluding carboxylic acids is 1. The fourth-order valence-corrected chi connectivity index (χ4v) is 1.39. The van der Waals surface area contributed by atoms with Gasteiger partial charge in [0.2, 0.25) is 5.91 Å². The van der Waals surface area contributed by atoms with Gasteiger partial charge < -0.3 is 10.2 Å². The van der Waals surface area contributed by atoms with Crippen LogP contribution in [0.5, 0.6) is 0 Å². The number of para-hydroxylation sites is 1. The molecule has 1 aromatic carbocycles. The lowest BCUT2D eigenvalue weighted by molar-refractivity contribution is -0.126. The third-order valence-electron chi connectivity index (χ3n) is 2.29. The summed E-state index contributed by atoms with van der Waals surface area (Å²) < 4.78 is 0. The molecule has 1 aliphatic heterocycles. The van der Waals surface area contributed by atoms with Crippen LogP contribution in [0.1, 0.15) is 6.92 Å². The minimum atomic E-state index is -0.125. The highest BCUT2D eigenvalue weighted by Gasteiger charge is 2.27. The first-order chi connectivity index (χ1) is 6.77. The Morgan fingerprint density at radius 2 is 2.00 bits per heavy atom. The van der Waals surface area contributed by atoms with E-state index in [0.29, 0.717) is 0 Å². The monoisotopic (exact) mass is 190 g/mol. The Bertz CT molecular complexity index is 319. The average molecular weight is 190 g/mol. The normalized spacial score (nSPS) is 16.2. The number of nitrogens with zero attached hydrogens (tertiary/aromatic N) is 1. The van der Waals surface area contributed by atoms with E-state index < -0.39 is 0 Å². The van der Waals surface area contributed by atoms with Gasteiger partial charge in [0.25, 0.3) is 0 Å². The number of carbonyl (C=O) groups is 1. The van der Waals surface area contributed by atoms with Crippen molar-refractivity contribution in [3.05, 3.63) is 30.3 Å². The third kappa shape index (κ3) is 2.05. The Morgan fingerprint density at radius 3 is 2.57 bits per heavy atom. The Kier molecular flexibility index (Phi) is 2.39. The second-order valence-corrected chi connectivity index (χ2v) is 3.56. The predicted octanol–water partition coefficient (Wildman–Crippen LogP) is 1.33. The summed E-state index contributed by atoms with van der Waals surface area (Å²) in [5, 5.41) is 3.17. The highest BCUT2D eigenvalue weighted by molar-refractivity contribution is 5.85. The van der Waals surface area contributed by atoms with Crippen molar-refractivity contribution >= 4 is 11.6 Å². The van der Waals surface area contributed by atoms with Crippen molar-refractivity contribution in [2.75, 3.05) is 18.4 Å². The Balaban J connectivity index is 1.93. The summed E-state index contributed by atoms with van der Waals surface area (Å²) in [6, 6.07) is 9.67. The van der Waals surface area contributed by atoms with Crippen LogP contribution in [0, 0.1) is 0 Å². The van der Waals surface area contributed by atoms with Crippen LogP contribution in [0.25, 0.3) is 0 Å². The van der Waals surface area contributed by atoms with E-state index in [0.717, 1.165) is 18.8 Å². The quantitative estimate of drug-likeness (QED) is 0.729. The molecule has 0 bridgehead atoms. The molecule has 2 rings (SSSR count). The van der Waals surface area contributed by atoms with E-state index in [1.807, 2.05) is 42.2 Å². The number of benzene rings is 1. The first-order valence-electron chi connectivity index (χ1n) is 4.88. The van der Waals surface area contributed by atoms with Crippen molar-refractivity contribution < 1.29 is 4.79 Å². The molecule has 1 unspecified atom stereocenters. The molecule has 0 aromatic heterocycles. The van der Waals surface area contributed by atoms with Gasteiger partial charge in [-0.15, -0.1) is 0 Å². The van der Waals surface area contributed by atoms with Gasteiger partial charge >= 0.3 is 0 Å². The van der Waals surface area contributed by atoms with Gasteiger partial charge in [0.05, 0.1) is 0 Å². The van der Waals surface area contributed by atoms with E-state index in [9.17, 15) is 4.79 Å². The van der Waals surface area contributed by atoms with Crippen LogP contribution in [0.2, 0.25) is 0 Å². The Morgan fingerprint density at radius 1 is 1.36 bits per heavy atom. The summed E-state index contributed by atoms with van der Waals surface area (Å²) in [6.07, 6.45) is 0. The molecule has 74 valence electrons. The number of hydrogen-bond donors (Lipinski definition) is 1. The molecule has 3 nitrogen and oxygen atoms in total. The fourth-order valence-electron chi connectivity index (χ4n) is 1.39. The molecular formula is C11H14N2O. The summed E-state index contributed by atoms with van der Waals surface area (Å²) in [6.45, 7) is 3.73. The van der Waals surface area contributed by atoms with Gasteiger partial charge in [-0.2, -0.15) is 0 Å². The molecule has 0 spiro atoms. The molecule has 1 aliphatic rings. The smallest absolute Gasteiger partial charge is 0.244 e. The first kappa shape index (κ1) is 9.06. The van der Waals surface area contributed by atoms with Crippen LogP contribution >= 0.6 is 0 Å². The average Bonchev–Trinajstić information content (AvgIpc) is 3.01. The first-order valence-corrected chi connectivity index (χ1v) is 4.88. The van der Waals surface area contributed by atoms with Gasteiger partial charge in [0.15, 0.2) is 0 Å². The SMILES string of the molecule is CC(Nc1ccccc1)C(=O)N1CC1. The van der Waals surface area contributed by atoms with Crippen LogP contribution < -0.4 is 5.32 Å². The van der Waals surface area contributed by atoms with Gasteiger partial charge in [0, 0.05) is 18.8 Å². The number of hydrogen-bond acceptors (Lipinski definition) is 2. The van der Waals surface area contributed by atoms with Crippen LogP contribution in [0.4, 0.5) is 5.69 Å². The van der Waals surface area contributed by atoms with Gasteiger partial charge in [-0.25, -0.2) is 0 Å². The van der Waals surface area contributed by atoms with E-state index in [2.05, 4.69) is 5.32 Å². The highest BCUT2D eigenvalue weighted by Crippen LogP contribution is 2.11. The van der Waals surface area contributed by atoms with Crippen LogP contribution in [0.15, 0.2) is 30.3 Å². The zero-order chi connectivity index (χ0) is 9.97. The van der Waals surface area contributed by atoms with Crippen LogP contribution in [-0.4, -0.2) is 29.9 Å². The van der Waals surface area contributed by atoms with E-state index in [1.165, 1.54) is 0 Å². The van der Waals surface area contributed by atoms with E-state index in [-0.39, 0.29) is 11.9 Å². The molecule has 0 aliphatic carbocycles. The molecule has 1 N–H and O–H groups in total. The largest absolute Gasteiger partial charge is 0.374 e. The molecule has 3 heteroatoms. The minimum Gasteiger partial charge on any atom is -0.374 e. The van der Waals surface area contributed by atoms with Gasteiger partial charge in [-0.3, -0.25) is 4.79 Å². The van der Waals surface area contributed by atoms with Crippen LogP contribution in [0.3, 0.4) is 0 Å². The van der Waals surface area contributed by atoms with Crippen molar-refractivity contribution in [2.45, 2.75) is 13.0 Å². The Labute approximate surface area is 83.7 Å². The summed E-state index contributed by atoms with van der Waals surface area (Å²) in [7, 11) is 0. The standard InChI is InChI=1S/C11H14N2O/c1-9(11(14)13-7-8-13)12-10-5-3-2-4-6-10/h2-6,9,12H,7-8H2,1H3. The lowest BCUT2D eigenvalue weighted by atomic mass is 10.2. The number of nitrogens with one attached hydrogen (secondary N) is 1. The van der Waals surface area contributed by atoms with Crippen LogP contribution in [-0.2, 0) is 4.79 Å². The van der Waals surface area contributed by atoms with Crippen molar-refractivity contribution in [1.82, 2.24) is 4.90 Å². The van der Waals surface area contributed by atoms with E-state index >= 15 is 0 Å². The summed E-state index contributed by atoms with van der Waals surface area (Å²) >= 11 is 0. The van der Waals surface area contributed by atoms with Crippen molar-refractivity contribution in [2.24, 2.45) is 0 Å². The molecule has 1 amide bonds.